The van der Waals surface area contributed by atoms with E-state index in [1.165, 1.54) is 0 Å². The smallest absolute Gasteiger partial charge is 0.262 e. The number of rotatable bonds is 3. The largest absolute Gasteiger partial charge is 0.494 e. The molecule has 1 saturated heterocycles. The van der Waals surface area contributed by atoms with Gasteiger partial charge >= 0.3 is 0 Å². The van der Waals surface area contributed by atoms with Gasteiger partial charge in [-0.05, 0) is 36.9 Å². The molecule has 1 N–H and O–H groups in total. The number of ether oxygens (including phenoxy) is 1. The summed E-state index contributed by atoms with van der Waals surface area (Å²) in [6.07, 6.45) is 0.210. The van der Waals surface area contributed by atoms with Crippen LogP contribution in [0.25, 0.3) is 10.8 Å². The van der Waals surface area contributed by atoms with E-state index < -0.39 is 29.7 Å². The topological polar surface area (TPSA) is 92.8 Å². The van der Waals surface area contributed by atoms with Crippen LogP contribution >= 0.6 is 0 Å². The standard InChI is InChI=1S/C19H16N2O5/c1-2-26-11-8-10-4-3-5-12-16(10)13(9-11)19(25)21(18(12)24)14-6-7-15(22)20-17(14)23/h3-5,8-9,14H,2,6-7H2,1H3,(H,20,22,23). The molecule has 1 atom stereocenters. The zero-order chi connectivity index (χ0) is 18.4. The normalized spacial score (nSPS) is 19.7. The van der Waals surface area contributed by atoms with Gasteiger partial charge < -0.3 is 4.74 Å². The Morgan fingerprint density at radius 1 is 1.12 bits per heavy atom. The molecule has 2 aliphatic heterocycles. The van der Waals surface area contributed by atoms with Gasteiger partial charge in [0.15, 0.2) is 0 Å². The maximum atomic E-state index is 13.1. The van der Waals surface area contributed by atoms with Gasteiger partial charge in [-0.3, -0.25) is 29.4 Å². The van der Waals surface area contributed by atoms with Gasteiger partial charge in [0.1, 0.15) is 11.8 Å². The number of imide groups is 2. The molecule has 2 heterocycles. The number of hydrogen-bond acceptors (Lipinski definition) is 5. The average molecular weight is 352 g/mol. The number of nitrogens with one attached hydrogen (secondary N) is 1. The van der Waals surface area contributed by atoms with Crippen LogP contribution in [0.4, 0.5) is 0 Å². The van der Waals surface area contributed by atoms with E-state index in [9.17, 15) is 19.2 Å². The fraction of sp³-hybridized carbons (Fsp3) is 0.263. The van der Waals surface area contributed by atoms with Crippen LogP contribution in [0, 0.1) is 0 Å². The molecule has 0 bridgehead atoms. The molecule has 1 unspecified atom stereocenters. The highest BCUT2D eigenvalue weighted by atomic mass is 16.5. The van der Waals surface area contributed by atoms with Gasteiger partial charge in [0, 0.05) is 17.4 Å². The first kappa shape index (κ1) is 16.3. The number of amides is 4. The number of benzene rings is 2. The Bertz CT molecular complexity index is 981. The summed E-state index contributed by atoms with van der Waals surface area (Å²) in [5, 5.41) is 3.49. The van der Waals surface area contributed by atoms with E-state index in [2.05, 4.69) is 5.32 Å². The number of piperidine rings is 1. The summed E-state index contributed by atoms with van der Waals surface area (Å²) in [6.45, 7) is 2.28. The van der Waals surface area contributed by atoms with Crippen LogP contribution in [0.15, 0.2) is 30.3 Å². The van der Waals surface area contributed by atoms with Crippen molar-refractivity contribution in [1.82, 2.24) is 10.2 Å². The van der Waals surface area contributed by atoms with Crippen molar-refractivity contribution < 1.29 is 23.9 Å². The maximum absolute atomic E-state index is 13.1. The number of hydrogen-bond donors (Lipinski definition) is 1. The van der Waals surface area contributed by atoms with E-state index in [4.69, 9.17) is 4.74 Å². The quantitative estimate of drug-likeness (QED) is 0.848. The number of carbonyl (C=O) groups excluding carboxylic acids is 4. The lowest BCUT2D eigenvalue weighted by atomic mass is 9.91. The molecule has 1 fully saturated rings. The third-order valence-electron chi connectivity index (χ3n) is 4.68. The molecule has 26 heavy (non-hydrogen) atoms. The predicted molar refractivity (Wildman–Crippen MR) is 91.8 cm³/mol. The third-order valence-corrected chi connectivity index (χ3v) is 4.68. The minimum atomic E-state index is -0.994. The van der Waals surface area contributed by atoms with E-state index in [-0.39, 0.29) is 12.8 Å². The average Bonchev–Trinajstić information content (AvgIpc) is 2.61. The Labute approximate surface area is 148 Å². The molecule has 0 radical (unpaired) electrons. The minimum absolute atomic E-state index is 0.0868. The Kier molecular flexibility index (Phi) is 3.72. The van der Waals surface area contributed by atoms with Crippen LogP contribution in [0.1, 0.15) is 40.5 Å². The lowest BCUT2D eigenvalue weighted by molar-refractivity contribution is -0.136. The molecule has 0 saturated carbocycles. The van der Waals surface area contributed by atoms with Gasteiger partial charge in [0.2, 0.25) is 11.8 Å². The highest BCUT2D eigenvalue weighted by molar-refractivity contribution is 6.27. The fourth-order valence-electron chi connectivity index (χ4n) is 3.56. The highest BCUT2D eigenvalue weighted by Gasteiger charge is 2.42. The molecule has 7 nitrogen and oxygen atoms in total. The SMILES string of the molecule is CCOc1cc2c3c(cccc3c1)C(=O)N(C1CCC(=O)NC1=O)C2=O. The molecule has 7 heteroatoms. The maximum Gasteiger partial charge on any atom is 0.262 e. The Morgan fingerprint density at radius 2 is 1.88 bits per heavy atom. The van der Waals surface area contributed by atoms with Gasteiger partial charge in [-0.2, -0.15) is 0 Å². The second-order valence-electron chi connectivity index (χ2n) is 6.25. The third kappa shape index (κ3) is 2.35. The van der Waals surface area contributed by atoms with Crippen molar-refractivity contribution >= 4 is 34.4 Å². The second kappa shape index (κ2) is 5.94. The molecule has 4 rings (SSSR count). The summed E-state index contributed by atoms with van der Waals surface area (Å²) in [7, 11) is 0. The summed E-state index contributed by atoms with van der Waals surface area (Å²) in [5.41, 5.74) is 0.690. The van der Waals surface area contributed by atoms with E-state index in [1.54, 1.807) is 24.3 Å². The van der Waals surface area contributed by atoms with Gasteiger partial charge in [0.25, 0.3) is 11.8 Å². The summed E-state index contributed by atoms with van der Waals surface area (Å²) >= 11 is 0. The van der Waals surface area contributed by atoms with E-state index in [0.717, 1.165) is 10.3 Å². The van der Waals surface area contributed by atoms with Gasteiger partial charge in [0.05, 0.1) is 12.2 Å². The number of nitrogens with zero attached hydrogens (tertiary/aromatic N) is 1. The first-order valence-corrected chi connectivity index (χ1v) is 8.42. The summed E-state index contributed by atoms with van der Waals surface area (Å²) in [5.74, 6) is -1.57. The van der Waals surface area contributed by atoms with E-state index in [0.29, 0.717) is 28.9 Å². The Balaban J connectivity index is 1.86. The highest BCUT2D eigenvalue weighted by Crippen LogP contribution is 2.35. The minimum Gasteiger partial charge on any atom is -0.494 e. The van der Waals surface area contributed by atoms with Crippen LogP contribution in [-0.2, 0) is 9.59 Å². The van der Waals surface area contributed by atoms with Crippen LogP contribution in [0.2, 0.25) is 0 Å². The molecular weight excluding hydrogens is 336 g/mol. The molecule has 0 aliphatic carbocycles. The van der Waals surface area contributed by atoms with Crippen molar-refractivity contribution in [3.63, 3.8) is 0 Å². The van der Waals surface area contributed by atoms with Gasteiger partial charge in [-0.15, -0.1) is 0 Å². The molecule has 132 valence electrons. The molecule has 2 aromatic rings. The van der Waals surface area contributed by atoms with E-state index >= 15 is 0 Å². The fourth-order valence-corrected chi connectivity index (χ4v) is 3.56. The van der Waals surface area contributed by atoms with Gasteiger partial charge in [-0.25, -0.2) is 0 Å². The molecule has 2 aliphatic rings. The van der Waals surface area contributed by atoms with E-state index in [1.807, 2.05) is 13.0 Å². The Hall–Kier alpha value is -3.22. The van der Waals surface area contributed by atoms with Crippen LogP contribution in [-0.4, -0.2) is 41.2 Å². The van der Waals surface area contributed by atoms with Crippen LogP contribution < -0.4 is 10.1 Å². The molecule has 4 amide bonds. The lowest BCUT2D eigenvalue weighted by Crippen LogP contribution is -2.57. The summed E-state index contributed by atoms with van der Waals surface area (Å²) in [6, 6.07) is 7.57. The Morgan fingerprint density at radius 3 is 2.62 bits per heavy atom. The summed E-state index contributed by atoms with van der Waals surface area (Å²) < 4.78 is 5.53. The molecule has 0 aromatic heterocycles. The zero-order valence-corrected chi connectivity index (χ0v) is 14.1. The van der Waals surface area contributed by atoms with Crippen molar-refractivity contribution in [2.24, 2.45) is 0 Å². The van der Waals surface area contributed by atoms with Crippen molar-refractivity contribution in [3.05, 3.63) is 41.5 Å². The van der Waals surface area contributed by atoms with Crippen molar-refractivity contribution in [3.8, 4) is 5.75 Å². The first-order valence-electron chi connectivity index (χ1n) is 8.42. The van der Waals surface area contributed by atoms with Crippen molar-refractivity contribution in [1.29, 1.82) is 0 Å². The first-order chi connectivity index (χ1) is 12.5. The van der Waals surface area contributed by atoms with Crippen molar-refractivity contribution in [2.45, 2.75) is 25.8 Å². The second-order valence-corrected chi connectivity index (χ2v) is 6.25. The van der Waals surface area contributed by atoms with Gasteiger partial charge in [-0.1, -0.05) is 12.1 Å². The molecule has 2 aromatic carbocycles. The predicted octanol–water partition coefficient (Wildman–Crippen LogP) is 1.64. The lowest BCUT2D eigenvalue weighted by Gasteiger charge is -2.34. The monoisotopic (exact) mass is 352 g/mol. The summed E-state index contributed by atoms with van der Waals surface area (Å²) in [4.78, 5) is 50.6. The van der Waals surface area contributed by atoms with Crippen molar-refractivity contribution in [2.75, 3.05) is 6.61 Å². The van der Waals surface area contributed by atoms with Crippen LogP contribution in [0.5, 0.6) is 5.75 Å². The number of carbonyl (C=O) groups is 4. The molecular formula is C19H16N2O5. The molecule has 0 spiro atoms. The van der Waals surface area contributed by atoms with Crippen LogP contribution in [0.3, 0.4) is 0 Å². The zero-order valence-electron chi connectivity index (χ0n) is 14.1.